The lowest BCUT2D eigenvalue weighted by molar-refractivity contribution is -0.132. The quantitative estimate of drug-likeness (QED) is 0.768. The molecule has 1 aromatic carbocycles. The third-order valence-corrected chi connectivity index (χ3v) is 3.07. The molecule has 0 amide bonds. The lowest BCUT2D eigenvalue weighted by atomic mass is 9.98. The zero-order chi connectivity index (χ0) is 11.8. The zero-order valence-electron chi connectivity index (χ0n) is 9.18. The number of carbonyl (C=O) groups is 1. The Balaban J connectivity index is 2.01. The van der Waals surface area contributed by atoms with E-state index in [0.29, 0.717) is 12.0 Å². The molecule has 0 aromatic heterocycles. The molecule has 2 aliphatic heterocycles. The summed E-state index contributed by atoms with van der Waals surface area (Å²) in [4.78, 5) is 10.9. The fraction of sp³-hybridized carbons (Fsp3) is 0.154. The van der Waals surface area contributed by atoms with Gasteiger partial charge in [-0.15, -0.1) is 0 Å². The third kappa shape index (κ3) is 1.62. The molecule has 0 atom stereocenters. The SMILES string of the molecule is O=C(O)C1=CN2NCc3ccccc3C2=CC1. The maximum absolute atomic E-state index is 10.9. The Hall–Kier alpha value is -2.07. The minimum Gasteiger partial charge on any atom is -0.478 e. The molecule has 0 spiro atoms. The number of benzene rings is 1. The van der Waals surface area contributed by atoms with Gasteiger partial charge < -0.3 is 5.11 Å². The maximum atomic E-state index is 10.9. The average molecular weight is 228 g/mol. The van der Waals surface area contributed by atoms with Gasteiger partial charge in [0.2, 0.25) is 0 Å². The van der Waals surface area contributed by atoms with E-state index in [4.69, 9.17) is 5.11 Å². The van der Waals surface area contributed by atoms with Crippen LogP contribution in [0.2, 0.25) is 0 Å². The number of hydrazine groups is 1. The van der Waals surface area contributed by atoms with E-state index in [0.717, 1.165) is 12.2 Å². The lowest BCUT2D eigenvalue weighted by Crippen LogP contribution is -2.38. The summed E-state index contributed by atoms with van der Waals surface area (Å²) >= 11 is 0. The number of fused-ring (bicyclic) bond motifs is 3. The summed E-state index contributed by atoms with van der Waals surface area (Å²) in [5.41, 5.74) is 7.04. The molecular weight excluding hydrogens is 216 g/mol. The van der Waals surface area contributed by atoms with Crippen molar-refractivity contribution in [1.82, 2.24) is 10.4 Å². The summed E-state index contributed by atoms with van der Waals surface area (Å²) in [6.45, 7) is 0.719. The molecule has 86 valence electrons. The van der Waals surface area contributed by atoms with E-state index >= 15 is 0 Å². The van der Waals surface area contributed by atoms with Gasteiger partial charge in [-0.2, -0.15) is 0 Å². The molecule has 0 radical (unpaired) electrons. The number of hydrogen-bond acceptors (Lipinski definition) is 3. The molecule has 0 bridgehead atoms. The molecule has 3 rings (SSSR count). The fourth-order valence-corrected chi connectivity index (χ4v) is 2.19. The van der Waals surface area contributed by atoms with Crippen molar-refractivity contribution in [2.75, 3.05) is 0 Å². The van der Waals surface area contributed by atoms with Crippen LogP contribution in [0.4, 0.5) is 0 Å². The summed E-state index contributed by atoms with van der Waals surface area (Å²) in [6, 6.07) is 8.16. The monoisotopic (exact) mass is 228 g/mol. The van der Waals surface area contributed by atoms with Gasteiger partial charge in [0, 0.05) is 24.7 Å². The molecule has 1 aromatic rings. The van der Waals surface area contributed by atoms with Crippen molar-refractivity contribution < 1.29 is 9.90 Å². The Morgan fingerprint density at radius 2 is 2.18 bits per heavy atom. The molecule has 4 nitrogen and oxygen atoms in total. The molecule has 17 heavy (non-hydrogen) atoms. The Morgan fingerprint density at radius 3 is 3.00 bits per heavy atom. The number of carboxylic acids is 1. The maximum Gasteiger partial charge on any atom is 0.333 e. The van der Waals surface area contributed by atoms with Gasteiger partial charge in [-0.1, -0.05) is 30.3 Å². The van der Waals surface area contributed by atoms with Crippen LogP contribution in [0.5, 0.6) is 0 Å². The summed E-state index contributed by atoms with van der Waals surface area (Å²) < 4.78 is 0. The van der Waals surface area contributed by atoms with Crippen LogP contribution in [-0.2, 0) is 11.3 Å². The van der Waals surface area contributed by atoms with Crippen molar-refractivity contribution in [3.8, 4) is 0 Å². The highest BCUT2D eigenvalue weighted by Crippen LogP contribution is 2.30. The normalized spacial score (nSPS) is 17.8. The van der Waals surface area contributed by atoms with Crippen molar-refractivity contribution in [3.63, 3.8) is 0 Å². The highest BCUT2D eigenvalue weighted by Gasteiger charge is 2.23. The second-order valence-electron chi connectivity index (χ2n) is 4.12. The molecule has 0 aliphatic carbocycles. The molecule has 0 fully saturated rings. The number of nitrogens with zero attached hydrogens (tertiary/aromatic N) is 1. The van der Waals surface area contributed by atoms with E-state index in [9.17, 15) is 4.79 Å². The smallest absolute Gasteiger partial charge is 0.333 e. The highest BCUT2D eigenvalue weighted by molar-refractivity contribution is 5.88. The van der Waals surface area contributed by atoms with E-state index in [1.807, 2.05) is 18.2 Å². The Morgan fingerprint density at radius 1 is 1.35 bits per heavy atom. The summed E-state index contributed by atoms with van der Waals surface area (Å²) in [5.74, 6) is -0.860. The molecule has 2 heterocycles. The van der Waals surface area contributed by atoms with Crippen LogP contribution in [0.15, 0.2) is 42.1 Å². The molecule has 0 saturated carbocycles. The Kier molecular flexibility index (Phi) is 2.23. The van der Waals surface area contributed by atoms with Crippen LogP contribution in [0, 0.1) is 0 Å². The second-order valence-corrected chi connectivity index (χ2v) is 4.12. The van der Waals surface area contributed by atoms with E-state index < -0.39 is 5.97 Å². The van der Waals surface area contributed by atoms with Crippen molar-refractivity contribution in [2.24, 2.45) is 0 Å². The van der Waals surface area contributed by atoms with Gasteiger partial charge in [-0.05, 0) is 5.56 Å². The van der Waals surface area contributed by atoms with Crippen molar-refractivity contribution >= 4 is 11.7 Å². The minimum absolute atomic E-state index is 0.403. The average Bonchev–Trinajstić information content (AvgIpc) is 2.38. The largest absolute Gasteiger partial charge is 0.478 e. The van der Waals surface area contributed by atoms with Crippen LogP contribution in [0.3, 0.4) is 0 Å². The second kappa shape index (κ2) is 3.75. The van der Waals surface area contributed by atoms with Crippen LogP contribution in [0.25, 0.3) is 5.70 Å². The first-order valence-corrected chi connectivity index (χ1v) is 5.51. The van der Waals surface area contributed by atoms with E-state index in [-0.39, 0.29) is 0 Å². The van der Waals surface area contributed by atoms with Gasteiger partial charge in [0.1, 0.15) is 0 Å². The van der Waals surface area contributed by atoms with Crippen LogP contribution >= 0.6 is 0 Å². The van der Waals surface area contributed by atoms with Crippen LogP contribution < -0.4 is 5.43 Å². The summed E-state index contributed by atoms with van der Waals surface area (Å²) in [6.07, 6.45) is 4.08. The van der Waals surface area contributed by atoms with Crippen LogP contribution in [-0.4, -0.2) is 16.1 Å². The number of nitrogens with one attached hydrogen (secondary N) is 1. The van der Waals surface area contributed by atoms with E-state index in [1.165, 1.54) is 11.1 Å². The first kappa shape index (κ1) is 10.1. The summed E-state index contributed by atoms with van der Waals surface area (Å²) in [7, 11) is 0. The van der Waals surface area contributed by atoms with Gasteiger partial charge in [0.05, 0.1) is 11.3 Å². The minimum atomic E-state index is -0.860. The van der Waals surface area contributed by atoms with E-state index in [2.05, 4.69) is 17.6 Å². The van der Waals surface area contributed by atoms with Crippen LogP contribution in [0.1, 0.15) is 17.5 Å². The van der Waals surface area contributed by atoms with E-state index in [1.54, 1.807) is 11.2 Å². The molecular formula is C13H12N2O2. The van der Waals surface area contributed by atoms with Gasteiger partial charge >= 0.3 is 5.97 Å². The first-order chi connectivity index (χ1) is 8.25. The first-order valence-electron chi connectivity index (χ1n) is 5.51. The fourth-order valence-electron chi connectivity index (χ4n) is 2.19. The number of allylic oxidation sites excluding steroid dienone is 1. The Labute approximate surface area is 98.8 Å². The number of hydrogen-bond donors (Lipinski definition) is 2. The predicted octanol–water partition coefficient (Wildman–Crippen LogP) is 1.72. The number of aliphatic carboxylic acids is 1. The predicted molar refractivity (Wildman–Crippen MR) is 63.4 cm³/mol. The van der Waals surface area contributed by atoms with Crippen molar-refractivity contribution in [2.45, 2.75) is 13.0 Å². The molecule has 4 heteroatoms. The highest BCUT2D eigenvalue weighted by atomic mass is 16.4. The lowest BCUT2D eigenvalue weighted by Gasteiger charge is -2.33. The topological polar surface area (TPSA) is 52.6 Å². The van der Waals surface area contributed by atoms with Gasteiger partial charge in [0.15, 0.2) is 0 Å². The summed E-state index contributed by atoms with van der Waals surface area (Å²) in [5, 5.41) is 10.8. The molecule has 0 saturated heterocycles. The Bertz CT molecular complexity index is 546. The molecule has 2 aliphatic rings. The van der Waals surface area contributed by atoms with Crippen molar-refractivity contribution in [1.29, 1.82) is 0 Å². The molecule has 0 unspecified atom stereocenters. The van der Waals surface area contributed by atoms with Crippen molar-refractivity contribution in [3.05, 3.63) is 53.2 Å². The van der Waals surface area contributed by atoms with Gasteiger partial charge in [0.25, 0.3) is 0 Å². The van der Waals surface area contributed by atoms with Gasteiger partial charge in [-0.25, -0.2) is 10.2 Å². The molecule has 2 N–H and O–H groups in total. The number of carboxylic acid groups (broad SMARTS) is 1. The third-order valence-electron chi connectivity index (χ3n) is 3.07. The van der Waals surface area contributed by atoms with Gasteiger partial charge in [-0.3, -0.25) is 5.01 Å². The zero-order valence-corrected chi connectivity index (χ0v) is 9.18. The standard InChI is InChI=1S/C13H12N2O2/c16-13(17)10-5-6-12-11-4-2-1-3-9(11)7-14-15(12)8-10/h1-4,6,8,14H,5,7H2,(H,16,17). The number of rotatable bonds is 1.